The first-order valence-corrected chi connectivity index (χ1v) is 13.4. The Morgan fingerprint density at radius 2 is 1.77 bits per heavy atom. The van der Waals surface area contributed by atoms with Crippen LogP contribution in [0.3, 0.4) is 0 Å². The number of aromatic nitrogens is 1. The summed E-state index contributed by atoms with van der Waals surface area (Å²) in [5.41, 5.74) is 5.21. The number of H-pyrrole nitrogens is 1. The first-order chi connectivity index (χ1) is 18.7. The van der Waals surface area contributed by atoms with Crippen LogP contribution < -0.4 is 0 Å². The number of benzene rings is 2. The van der Waals surface area contributed by atoms with Gasteiger partial charge in [-0.2, -0.15) is 0 Å². The van der Waals surface area contributed by atoms with Gasteiger partial charge in [0.15, 0.2) is 17.2 Å². The van der Waals surface area contributed by atoms with Crippen LogP contribution in [0.1, 0.15) is 48.7 Å². The van der Waals surface area contributed by atoms with Gasteiger partial charge in [-0.3, -0.25) is 9.69 Å². The van der Waals surface area contributed by atoms with Gasteiger partial charge in [-0.25, -0.2) is 4.79 Å². The van der Waals surface area contributed by atoms with E-state index >= 15 is 0 Å². The zero-order chi connectivity index (χ0) is 28.3. The molecule has 1 aliphatic heterocycles. The van der Waals surface area contributed by atoms with Crippen LogP contribution in [0, 0.1) is 5.92 Å². The maximum Gasteiger partial charge on any atom is 0.338 e. The Morgan fingerprint density at radius 1 is 1.10 bits per heavy atom. The summed E-state index contributed by atoms with van der Waals surface area (Å²) >= 11 is 0. The van der Waals surface area contributed by atoms with Gasteiger partial charge in [-0.05, 0) is 68.6 Å². The van der Waals surface area contributed by atoms with Gasteiger partial charge in [0.25, 0.3) is 0 Å². The fourth-order valence-corrected chi connectivity index (χ4v) is 5.38. The van der Waals surface area contributed by atoms with Crippen molar-refractivity contribution >= 4 is 45.4 Å². The maximum absolute atomic E-state index is 12.9. The van der Waals surface area contributed by atoms with Crippen LogP contribution in [-0.4, -0.2) is 98.4 Å². The molecule has 40 heavy (non-hydrogen) atoms. The second-order valence-corrected chi connectivity index (χ2v) is 9.94. The van der Waals surface area contributed by atoms with E-state index in [0.717, 1.165) is 38.2 Å². The molecule has 0 bridgehead atoms. The molecule has 4 N–H and O–H groups in total. The van der Waals surface area contributed by atoms with Crippen LogP contribution in [0.5, 0.6) is 17.2 Å². The number of ether oxygens (including phenoxy) is 1. The van der Waals surface area contributed by atoms with Gasteiger partial charge >= 0.3 is 5.97 Å². The van der Waals surface area contributed by atoms with Crippen LogP contribution in [0.15, 0.2) is 42.6 Å². The number of phenols is 3. The summed E-state index contributed by atoms with van der Waals surface area (Å²) in [5, 5.41) is 28.6. The molecule has 2 heterocycles. The number of aromatic amines is 1. The van der Waals surface area contributed by atoms with Crippen LogP contribution in [-0.2, 0) is 16.0 Å². The minimum absolute atomic E-state index is 0. The normalized spacial score (nSPS) is 17.6. The minimum atomic E-state index is -0.651. The number of carbonyl (C=O) groups is 2. The number of nitrogens with zero attached hydrogens (tertiary/aromatic N) is 2. The molecule has 3 aromatic rings. The summed E-state index contributed by atoms with van der Waals surface area (Å²) in [6.07, 6.45) is 6.09. The molecule has 0 spiro atoms. The van der Waals surface area contributed by atoms with Crippen molar-refractivity contribution in [3.8, 4) is 17.2 Å². The molecule has 5 rings (SSSR count). The van der Waals surface area contributed by atoms with E-state index in [4.69, 9.17) is 20.1 Å². The average Bonchev–Trinajstić information content (AvgIpc) is 3.35. The monoisotopic (exact) mass is 615 g/mol. The third-order valence-corrected chi connectivity index (χ3v) is 7.40. The van der Waals surface area contributed by atoms with E-state index in [-0.39, 0.29) is 41.1 Å². The van der Waals surface area contributed by atoms with Gasteiger partial charge in [-0.15, -0.1) is 0 Å². The van der Waals surface area contributed by atoms with Crippen LogP contribution >= 0.6 is 0 Å². The number of aromatic hydroxyl groups is 3. The van der Waals surface area contributed by atoms with E-state index in [1.165, 1.54) is 27.6 Å². The molecule has 1 aromatic heterocycles. The number of hydrogen-bond donors (Lipinski definition) is 4. The molecule has 2 aromatic carbocycles. The van der Waals surface area contributed by atoms with E-state index in [2.05, 4.69) is 61.3 Å². The van der Waals surface area contributed by atoms with Crippen LogP contribution in [0.25, 0.3) is 16.5 Å². The van der Waals surface area contributed by atoms with Crippen LogP contribution in [0.4, 0.5) is 0 Å². The minimum Gasteiger partial charge on any atom is -0.504 e. The fourth-order valence-electron chi connectivity index (χ4n) is 5.38. The zero-order valence-corrected chi connectivity index (χ0v) is 25.0. The molecule has 0 saturated heterocycles. The van der Waals surface area contributed by atoms with Gasteiger partial charge in [-0.1, -0.05) is 25.1 Å². The van der Waals surface area contributed by atoms with Crippen LogP contribution in [0.2, 0.25) is 0 Å². The zero-order valence-electron chi connectivity index (χ0n) is 23.3. The molecule has 1 amide bonds. The fraction of sp³-hybridized carbons (Fsp3) is 0.400. The first kappa shape index (κ1) is 31.1. The summed E-state index contributed by atoms with van der Waals surface area (Å²) in [4.78, 5) is 31.9. The van der Waals surface area contributed by atoms with E-state index in [1.54, 1.807) is 0 Å². The van der Waals surface area contributed by atoms with Crippen molar-refractivity contribution in [3.63, 3.8) is 0 Å². The van der Waals surface area contributed by atoms with Gasteiger partial charge < -0.3 is 29.9 Å². The third-order valence-electron chi connectivity index (χ3n) is 7.40. The van der Waals surface area contributed by atoms with Gasteiger partial charge in [0, 0.05) is 59.8 Å². The van der Waals surface area contributed by atoms with Gasteiger partial charge in [0.05, 0.1) is 18.1 Å². The predicted octanol–water partition coefficient (Wildman–Crippen LogP) is 3.90. The number of nitrogens with one attached hydrogen (secondary N) is 1. The Kier molecular flexibility index (Phi) is 10.3. The number of fused-ring (bicyclic) bond motifs is 2. The molecule has 0 unspecified atom stereocenters. The Morgan fingerprint density at radius 3 is 2.40 bits per heavy atom. The van der Waals surface area contributed by atoms with Crippen molar-refractivity contribution in [3.05, 3.63) is 59.3 Å². The Labute approximate surface area is 244 Å². The quantitative estimate of drug-likeness (QED) is 0.189. The molecule has 9 nitrogen and oxygen atoms in total. The summed E-state index contributed by atoms with van der Waals surface area (Å²) in [6.45, 7) is 8.58. The van der Waals surface area contributed by atoms with E-state index in [1.807, 2.05) is 11.8 Å². The molecule has 2 atom stereocenters. The second kappa shape index (κ2) is 13.3. The molecule has 10 heteroatoms. The number of likely N-dealkylation sites (N-methyl/N-ethyl adjacent to an activating group) is 1. The molecule has 0 saturated carbocycles. The van der Waals surface area contributed by atoms with Gasteiger partial charge in [0.1, 0.15) is 0 Å². The number of esters is 1. The Bertz CT molecular complexity index is 1370. The number of hydrogen-bond acceptors (Lipinski definition) is 7. The molecular weight excluding hydrogens is 577 g/mol. The summed E-state index contributed by atoms with van der Waals surface area (Å²) < 4.78 is 4.78. The van der Waals surface area contributed by atoms with E-state index in [0.29, 0.717) is 12.5 Å². The number of amides is 1. The molecular formula is C30H37N3O6Se. The van der Waals surface area contributed by atoms with Crippen molar-refractivity contribution in [2.75, 3.05) is 33.3 Å². The second-order valence-electron chi connectivity index (χ2n) is 9.94. The molecule has 2 radical (unpaired) electrons. The number of carbonyl (C=O) groups excluding carboxylic acids is 2. The van der Waals surface area contributed by atoms with Crippen molar-refractivity contribution in [2.45, 2.75) is 39.7 Å². The standard InChI is InChI=1S/C20H25N3O.C10H12O5.Se/c1-4-23(5-2)20(24)14-9-16-15-7-6-8-17-19(15)13(11-21-17)10-18(16)22(3)12-14;1-2-3-15-10(14)6-4-7(11)9(13)8(12)5-6;/h6-9,11,14,18,21H,4-5,10,12H2,1-3H3;4-5,11-13H,2-3H2,1H3;/t14-,18-;;/m1../s1. The predicted molar refractivity (Wildman–Crippen MR) is 156 cm³/mol. The van der Waals surface area contributed by atoms with E-state index < -0.39 is 23.2 Å². The largest absolute Gasteiger partial charge is 0.504 e. The average molecular weight is 615 g/mol. The van der Waals surface area contributed by atoms with E-state index in [9.17, 15) is 9.59 Å². The molecule has 1 aliphatic carbocycles. The smallest absolute Gasteiger partial charge is 0.338 e. The van der Waals surface area contributed by atoms with Crippen molar-refractivity contribution in [2.24, 2.45) is 5.92 Å². The number of phenolic OH excluding ortho intramolecular Hbond substituents is 3. The summed E-state index contributed by atoms with van der Waals surface area (Å²) in [5.74, 6) is -2.21. The topological polar surface area (TPSA) is 126 Å². The van der Waals surface area contributed by atoms with Gasteiger partial charge in [0.2, 0.25) is 5.91 Å². The maximum atomic E-state index is 12.9. The SMILES string of the molecule is CCCOC(=O)c1cc(O)c(O)c(O)c1.CCN(CC)C(=O)[C@@H]1C=C2c3cccc4[nH]cc(c34)C[C@H]2N(C)C1.[Se]. The first-order valence-electron chi connectivity index (χ1n) is 13.4. The summed E-state index contributed by atoms with van der Waals surface area (Å²) in [7, 11) is 2.15. The third kappa shape index (κ3) is 6.14. The molecule has 214 valence electrons. The van der Waals surface area contributed by atoms with Crippen molar-refractivity contribution in [1.29, 1.82) is 0 Å². The Balaban J connectivity index is 0.000000240. The molecule has 0 fully saturated rings. The Hall–Kier alpha value is -3.46. The summed E-state index contributed by atoms with van der Waals surface area (Å²) in [6, 6.07) is 8.89. The van der Waals surface area contributed by atoms with Crippen molar-refractivity contribution < 1.29 is 29.6 Å². The molecule has 2 aliphatic rings. The van der Waals surface area contributed by atoms with Crippen molar-refractivity contribution in [1.82, 2.24) is 14.8 Å². The number of rotatable bonds is 6.